The third-order valence-electron chi connectivity index (χ3n) is 4.02. The van der Waals surface area contributed by atoms with Crippen molar-refractivity contribution in [1.82, 2.24) is 4.98 Å². The molecule has 0 saturated heterocycles. The van der Waals surface area contributed by atoms with Gasteiger partial charge in [-0.3, -0.25) is 0 Å². The van der Waals surface area contributed by atoms with Crippen molar-refractivity contribution in [2.45, 2.75) is 46.1 Å². The monoisotopic (exact) mass is 243 g/mol. The lowest BCUT2D eigenvalue weighted by Gasteiger charge is -2.33. The molecule has 3 heteroatoms. The SMILES string of the molecule is Cc1ccnc(NC2CCC(C)CC2C)c1C#N. The van der Waals surface area contributed by atoms with Gasteiger partial charge in [0.15, 0.2) is 0 Å². The molecule has 18 heavy (non-hydrogen) atoms. The quantitative estimate of drug-likeness (QED) is 0.864. The van der Waals surface area contributed by atoms with Crippen molar-refractivity contribution in [2.24, 2.45) is 11.8 Å². The highest BCUT2D eigenvalue weighted by Crippen LogP contribution is 2.31. The predicted molar refractivity (Wildman–Crippen MR) is 73.3 cm³/mol. The van der Waals surface area contributed by atoms with E-state index in [1.54, 1.807) is 6.20 Å². The van der Waals surface area contributed by atoms with Crippen LogP contribution in [0.4, 0.5) is 5.82 Å². The summed E-state index contributed by atoms with van der Waals surface area (Å²) in [7, 11) is 0. The van der Waals surface area contributed by atoms with Gasteiger partial charge in [0.25, 0.3) is 0 Å². The second kappa shape index (κ2) is 5.39. The van der Waals surface area contributed by atoms with Crippen molar-refractivity contribution in [3.05, 3.63) is 23.4 Å². The Labute approximate surface area is 109 Å². The Balaban J connectivity index is 2.15. The van der Waals surface area contributed by atoms with Gasteiger partial charge in [-0.25, -0.2) is 4.98 Å². The minimum absolute atomic E-state index is 0.447. The van der Waals surface area contributed by atoms with Crippen LogP contribution >= 0.6 is 0 Å². The van der Waals surface area contributed by atoms with Gasteiger partial charge in [0.2, 0.25) is 0 Å². The summed E-state index contributed by atoms with van der Waals surface area (Å²) in [5.74, 6) is 2.21. The van der Waals surface area contributed by atoms with Crippen molar-refractivity contribution in [3.8, 4) is 6.07 Å². The zero-order chi connectivity index (χ0) is 13.1. The molecular weight excluding hydrogens is 222 g/mol. The number of aromatic nitrogens is 1. The van der Waals surface area contributed by atoms with Crippen molar-refractivity contribution in [3.63, 3.8) is 0 Å². The minimum Gasteiger partial charge on any atom is -0.366 e. The normalized spacial score (nSPS) is 27.6. The molecule has 1 aromatic heterocycles. The molecule has 0 radical (unpaired) electrons. The molecule has 0 bridgehead atoms. The van der Waals surface area contributed by atoms with Gasteiger partial charge in [-0.15, -0.1) is 0 Å². The molecule has 2 rings (SSSR count). The first kappa shape index (κ1) is 12.9. The Morgan fingerprint density at radius 2 is 2.17 bits per heavy atom. The van der Waals surface area contributed by atoms with Gasteiger partial charge in [0, 0.05) is 12.2 Å². The predicted octanol–water partition coefficient (Wildman–Crippen LogP) is 3.50. The van der Waals surface area contributed by atoms with Crippen LogP contribution in [-0.4, -0.2) is 11.0 Å². The standard InChI is InChI=1S/C15H21N3/c1-10-4-5-14(12(3)8-10)18-15-13(9-16)11(2)6-7-17-15/h6-7,10,12,14H,4-5,8H2,1-3H3,(H,17,18). The van der Waals surface area contributed by atoms with Crippen molar-refractivity contribution in [1.29, 1.82) is 5.26 Å². The first-order valence-electron chi connectivity index (χ1n) is 6.74. The summed E-state index contributed by atoms with van der Waals surface area (Å²) in [4.78, 5) is 4.32. The minimum atomic E-state index is 0.447. The van der Waals surface area contributed by atoms with E-state index in [0.717, 1.165) is 17.3 Å². The Hall–Kier alpha value is -1.56. The fourth-order valence-corrected chi connectivity index (χ4v) is 2.86. The number of pyridine rings is 1. The highest BCUT2D eigenvalue weighted by atomic mass is 15.0. The van der Waals surface area contributed by atoms with Gasteiger partial charge < -0.3 is 5.32 Å². The molecule has 1 aliphatic carbocycles. The molecule has 3 atom stereocenters. The Morgan fingerprint density at radius 3 is 2.83 bits per heavy atom. The maximum Gasteiger partial charge on any atom is 0.144 e. The largest absolute Gasteiger partial charge is 0.366 e. The first-order valence-corrected chi connectivity index (χ1v) is 6.74. The van der Waals surface area contributed by atoms with Crippen LogP contribution in [-0.2, 0) is 0 Å². The van der Waals surface area contributed by atoms with E-state index in [4.69, 9.17) is 0 Å². The van der Waals surface area contributed by atoms with E-state index in [1.165, 1.54) is 19.3 Å². The number of hydrogen-bond acceptors (Lipinski definition) is 3. The number of rotatable bonds is 2. The fraction of sp³-hybridized carbons (Fsp3) is 0.600. The maximum atomic E-state index is 9.21. The Bertz CT molecular complexity index is 461. The van der Waals surface area contributed by atoms with Crippen LogP contribution < -0.4 is 5.32 Å². The number of aryl methyl sites for hydroxylation is 1. The van der Waals surface area contributed by atoms with Gasteiger partial charge in [-0.05, 0) is 49.7 Å². The van der Waals surface area contributed by atoms with E-state index in [9.17, 15) is 5.26 Å². The molecule has 0 aliphatic heterocycles. The lowest BCUT2D eigenvalue weighted by molar-refractivity contribution is 0.276. The molecular formula is C15H21N3. The molecule has 1 aromatic rings. The number of anilines is 1. The number of hydrogen-bond donors (Lipinski definition) is 1. The average Bonchev–Trinajstić information content (AvgIpc) is 2.33. The van der Waals surface area contributed by atoms with E-state index in [-0.39, 0.29) is 0 Å². The summed E-state index contributed by atoms with van der Waals surface area (Å²) < 4.78 is 0. The molecule has 0 spiro atoms. The molecule has 1 aliphatic rings. The van der Waals surface area contributed by atoms with Crippen LogP contribution in [0.15, 0.2) is 12.3 Å². The molecule has 3 unspecified atom stereocenters. The zero-order valence-electron chi connectivity index (χ0n) is 11.4. The van der Waals surface area contributed by atoms with Crippen LogP contribution in [0.2, 0.25) is 0 Å². The Morgan fingerprint density at radius 1 is 1.39 bits per heavy atom. The molecule has 96 valence electrons. The third kappa shape index (κ3) is 2.64. The van der Waals surface area contributed by atoms with E-state index in [1.807, 2.05) is 13.0 Å². The molecule has 1 fully saturated rings. The Kier molecular flexibility index (Phi) is 3.86. The van der Waals surface area contributed by atoms with Gasteiger partial charge in [-0.2, -0.15) is 5.26 Å². The van der Waals surface area contributed by atoms with Gasteiger partial charge in [0.05, 0.1) is 5.56 Å². The zero-order valence-corrected chi connectivity index (χ0v) is 11.4. The summed E-state index contributed by atoms with van der Waals surface area (Å²) in [5.41, 5.74) is 1.68. The summed E-state index contributed by atoms with van der Waals surface area (Å²) in [6.07, 6.45) is 5.46. The number of nitrogens with zero attached hydrogens (tertiary/aromatic N) is 2. The van der Waals surface area contributed by atoms with E-state index in [0.29, 0.717) is 17.5 Å². The first-order chi connectivity index (χ1) is 8.61. The average molecular weight is 243 g/mol. The maximum absolute atomic E-state index is 9.21. The third-order valence-corrected chi connectivity index (χ3v) is 4.02. The van der Waals surface area contributed by atoms with Crippen molar-refractivity contribution in [2.75, 3.05) is 5.32 Å². The smallest absolute Gasteiger partial charge is 0.144 e. The lowest BCUT2D eigenvalue weighted by Crippen LogP contribution is -2.33. The second-order valence-electron chi connectivity index (χ2n) is 5.61. The molecule has 0 amide bonds. The van der Waals surface area contributed by atoms with Crippen molar-refractivity contribution < 1.29 is 0 Å². The topological polar surface area (TPSA) is 48.7 Å². The van der Waals surface area contributed by atoms with Crippen LogP contribution in [0.3, 0.4) is 0 Å². The van der Waals surface area contributed by atoms with Crippen LogP contribution in [0, 0.1) is 30.1 Å². The summed E-state index contributed by atoms with van der Waals surface area (Å²) in [5, 5.41) is 12.7. The molecule has 3 nitrogen and oxygen atoms in total. The van der Waals surface area contributed by atoms with E-state index in [2.05, 4.69) is 30.2 Å². The fourth-order valence-electron chi connectivity index (χ4n) is 2.86. The van der Waals surface area contributed by atoms with Gasteiger partial charge >= 0.3 is 0 Å². The van der Waals surface area contributed by atoms with Crippen LogP contribution in [0.25, 0.3) is 0 Å². The molecule has 0 aromatic carbocycles. The second-order valence-corrected chi connectivity index (χ2v) is 5.61. The molecule has 1 saturated carbocycles. The van der Waals surface area contributed by atoms with Gasteiger partial charge in [0.1, 0.15) is 11.9 Å². The summed E-state index contributed by atoms with van der Waals surface area (Å²) in [6.45, 7) is 6.56. The van der Waals surface area contributed by atoms with Crippen LogP contribution in [0.1, 0.15) is 44.2 Å². The molecule has 1 heterocycles. The summed E-state index contributed by atoms with van der Waals surface area (Å²) >= 11 is 0. The van der Waals surface area contributed by atoms with E-state index < -0.39 is 0 Å². The highest BCUT2D eigenvalue weighted by molar-refractivity contribution is 5.55. The van der Waals surface area contributed by atoms with Crippen LogP contribution in [0.5, 0.6) is 0 Å². The van der Waals surface area contributed by atoms with E-state index >= 15 is 0 Å². The lowest BCUT2D eigenvalue weighted by atomic mass is 9.80. The summed E-state index contributed by atoms with van der Waals surface area (Å²) in [6, 6.07) is 4.58. The van der Waals surface area contributed by atoms with Gasteiger partial charge in [-0.1, -0.05) is 13.8 Å². The molecule has 1 N–H and O–H groups in total. The van der Waals surface area contributed by atoms with Crippen molar-refractivity contribution >= 4 is 5.82 Å². The number of nitrogens with one attached hydrogen (secondary N) is 1. The highest BCUT2D eigenvalue weighted by Gasteiger charge is 2.26. The number of nitriles is 1.